The van der Waals surface area contributed by atoms with Gasteiger partial charge in [-0.25, -0.2) is 0 Å². The monoisotopic (exact) mass is 373 g/mol. The van der Waals surface area contributed by atoms with Gasteiger partial charge in [0, 0.05) is 4.47 Å². The minimum absolute atomic E-state index is 0.304. The first kappa shape index (κ1) is 15.2. The summed E-state index contributed by atoms with van der Waals surface area (Å²) < 4.78 is 6.01. The number of carbonyl (C=O) groups is 1. The zero-order valence-electron chi connectivity index (χ0n) is 10.4. The van der Waals surface area contributed by atoms with Crippen LogP contribution in [0.4, 0.5) is 5.69 Å². The number of nitrogens with one attached hydrogen (secondary N) is 1. The van der Waals surface area contributed by atoms with Gasteiger partial charge in [0.05, 0.1) is 28.4 Å². The molecule has 0 aromatic heterocycles. The molecular weight excluding hydrogens is 365 g/mol. The maximum Gasteiger partial charge on any atom is 0.259 e. The second-order valence-corrected chi connectivity index (χ2v) is 5.60. The van der Waals surface area contributed by atoms with E-state index in [0.717, 1.165) is 4.47 Å². The van der Waals surface area contributed by atoms with Crippen molar-refractivity contribution in [3.8, 4) is 5.75 Å². The van der Waals surface area contributed by atoms with E-state index >= 15 is 0 Å². The standard InChI is InChI=1S/C14H10BrCl2NO2/c1-20-12-7-8(15)5-6-9(12)14(19)18-11-4-2-3-10(16)13(11)17/h2-7H,1H3,(H,18,19). The third-order valence-corrected chi connectivity index (χ3v) is 3.92. The zero-order valence-corrected chi connectivity index (χ0v) is 13.5. The SMILES string of the molecule is COc1cc(Br)ccc1C(=O)Nc1cccc(Cl)c1Cl. The van der Waals surface area contributed by atoms with Gasteiger partial charge in [0.25, 0.3) is 5.91 Å². The van der Waals surface area contributed by atoms with Crippen LogP contribution in [-0.2, 0) is 0 Å². The van der Waals surface area contributed by atoms with E-state index in [-0.39, 0.29) is 5.91 Å². The summed E-state index contributed by atoms with van der Waals surface area (Å²) >= 11 is 15.3. The maximum absolute atomic E-state index is 12.3. The summed E-state index contributed by atoms with van der Waals surface area (Å²) in [6.45, 7) is 0. The molecule has 0 radical (unpaired) electrons. The summed E-state index contributed by atoms with van der Waals surface area (Å²) in [7, 11) is 1.50. The second-order valence-electron chi connectivity index (χ2n) is 3.90. The molecule has 20 heavy (non-hydrogen) atoms. The number of hydrogen-bond donors (Lipinski definition) is 1. The van der Waals surface area contributed by atoms with E-state index in [1.807, 2.05) is 0 Å². The Hall–Kier alpha value is -1.23. The van der Waals surface area contributed by atoms with E-state index in [1.165, 1.54) is 7.11 Å². The van der Waals surface area contributed by atoms with Crippen LogP contribution in [0.5, 0.6) is 5.75 Å². The molecule has 0 spiro atoms. The first-order valence-corrected chi connectivity index (χ1v) is 7.16. The number of halogens is 3. The Morgan fingerprint density at radius 1 is 1.25 bits per heavy atom. The number of ether oxygens (including phenoxy) is 1. The summed E-state index contributed by atoms with van der Waals surface area (Å²) in [5.41, 5.74) is 0.862. The van der Waals surface area contributed by atoms with Gasteiger partial charge in [0.2, 0.25) is 0 Å². The van der Waals surface area contributed by atoms with Gasteiger partial charge in [-0.05, 0) is 30.3 Å². The average Bonchev–Trinajstić information content (AvgIpc) is 2.43. The molecule has 0 bridgehead atoms. The molecule has 3 nitrogen and oxygen atoms in total. The summed E-state index contributed by atoms with van der Waals surface area (Å²) in [6.07, 6.45) is 0. The molecule has 0 heterocycles. The quantitative estimate of drug-likeness (QED) is 0.819. The summed E-state index contributed by atoms with van der Waals surface area (Å²) in [6, 6.07) is 10.2. The molecule has 0 aliphatic rings. The molecule has 0 atom stereocenters. The van der Waals surface area contributed by atoms with Gasteiger partial charge < -0.3 is 10.1 Å². The number of anilines is 1. The molecule has 0 fully saturated rings. The minimum Gasteiger partial charge on any atom is -0.496 e. The van der Waals surface area contributed by atoms with Gasteiger partial charge in [-0.2, -0.15) is 0 Å². The number of carbonyl (C=O) groups excluding carboxylic acids is 1. The lowest BCUT2D eigenvalue weighted by molar-refractivity contribution is 0.102. The topological polar surface area (TPSA) is 38.3 Å². The smallest absolute Gasteiger partial charge is 0.259 e. The van der Waals surface area contributed by atoms with E-state index in [0.29, 0.717) is 27.0 Å². The third kappa shape index (κ3) is 3.26. The lowest BCUT2D eigenvalue weighted by Gasteiger charge is -2.11. The maximum atomic E-state index is 12.3. The van der Waals surface area contributed by atoms with Crippen LogP contribution < -0.4 is 10.1 Å². The lowest BCUT2D eigenvalue weighted by Crippen LogP contribution is -2.13. The minimum atomic E-state index is -0.321. The number of amides is 1. The highest BCUT2D eigenvalue weighted by molar-refractivity contribution is 9.10. The van der Waals surface area contributed by atoms with Gasteiger partial charge in [0.15, 0.2) is 0 Å². The zero-order chi connectivity index (χ0) is 14.7. The fourth-order valence-corrected chi connectivity index (χ4v) is 2.33. The Balaban J connectivity index is 2.31. The molecule has 104 valence electrons. The predicted octanol–water partition coefficient (Wildman–Crippen LogP) is 5.02. The Morgan fingerprint density at radius 3 is 2.70 bits per heavy atom. The Bertz CT molecular complexity index is 662. The van der Waals surface area contributed by atoms with Crippen molar-refractivity contribution in [3.63, 3.8) is 0 Å². The van der Waals surface area contributed by atoms with Crippen molar-refractivity contribution in [2.45, 2.75) is 0 Å². The van der Waals surface area contributed by atoms with E-state index in [4.69, 9.17) is 27.9 Å². The van der Waals surface area contributed by atoms with Crippen molar-refractivity contribution in [2.75, 3.05) is 12.4 Å². The van der Waals surface area contributed by atoms with Crippen LogP contribution in [0, 0.1) is 0 Å². The van der Waals surface area contributed by atoms with Crippen molar-refractivity contribution < 1.29 is 9.53 Å². The van der Waals surface area contributed by atoms with Gasteiger partial charge >= 0.3 is 0 Å². The fraction of sp³-hybridized carbons (Fsp3) is 0.0714. The van der Waals surface area contributed by atoms with Gasteiger partial charge in [-0.15, -0.1) is 0 Å². The molecule has 0 aliphatic heterocycles. The van der Waals surface area contributed by atoms with Crippen LogP contribution in [0.2, 0.25) is 10.0 Å². The molecule has 0 saturated heterocycles. The van der Waals surface area contributed by atoms with Crippen LogP contribution in [0.15, 0.2) is 40.9 Å². The first-order valence-electron chi connectivity index (χ1n) is 5.62. The van der Waals surface area contributed by atoms with Gasteiger partial charge in [-0.3, -0.25) is 4.79 Å². The van der Waals surface area contributed by atoms with Crippen LogP contribution in [0.3, 0.4) is 0 Å². The Morgan fingerprint density at radius 2 is 2.00 bits per heavy atom. The average molecular weight is 375 g/mol. The molecule has 1 N–H and O–H groups in total. The van der Waals surface area contributed by atoms with Crippen LogP contribution in [0.25, 0.3) is 0 Å². The molecule has 0 aliphatic carbocycles. The fourth-order valence-electron chi connectivity index (χ4n) is 1.64. The number of methoxy groups -OCH3 is 1. The van der Waals surface area contributed by atoms with E-state index < -0.39 is 0 Å². The van der Waals surface area contributed by atoms with Gasteiger partial charge in [0.1, 0.15) is 5.75 Å². The van der Waals surface area contributed by atoms with Crippen molar-refractivity contribution in [2.24, 2.45) is 0 Å². The molecular formula is C14H10BrCl2NO2. The van der Waals surface area contributed by atoms with E-state index in [9.17, 15) is 4.79 Å². The molecule has 0 saturated carbocycles. The Labute approximate surface area is 135 Å². The molecule has 2 rings (SSSR count). The highest BCUT2D eigenvalue weighted by Gasteiger charge is 2.14. The van der Waals surface area contributed by atoms with Crippen molar-refractivity contribution in [1.82, 2.24) is 0 Å². The summed E-state index contributed by atoms with van der Waals surface area (Å²) in [5.74, 6) is 0.147. The largest absolute Gasteiger partial charge is 0.496 e. The summed E-state index contributed by atoms with van der Waals surface area (Å²) in [5, 5.41) is 3.40. The molecule has 6 heteroatoms. The van der Waals surface area contributed by atoms with E-state index in [1.54, 1.807) is 36.4 Å². The number of hydrogen-bond acceptors (Lipinski definition) is 2. The highest BCUT2D eigenvalue weighted by Crippen LogP contribution is 2.31. The predicted molar refractivity (Wildman–Crippen MR) is 85.1 cm³/mol. The number of benzene rings is 2. The normalized spacial score (nSPS) is 10.2. The molecule has 2 aromatic carbocycles. The van der Waals surface area contributed by atoms with E-state index in [2.05, 4.69) is 21.2 Å². The lowest BCUT2D eigenvalue weighted by atomic mass is 10.2. The first-order chi connectivity index (χ1) is 9.52. The highest BCUT2D eigenvalue weighted by atomic mass is 79.9. The summed E-state index contributed by atoms with van der Waals surface area (Å²) in [4.78, 5) is 12.3. The second kappa shape index (κ2) is 6.48. The van der Waals surface area contributed by atoms with Crippen molar-refractivity contribution in [3.05, 3.63) is 56.5 Å². The van der Waals surface area contributed by atoms with Crippen LogP contribution in [0.1, 0.15) is 10.4 Å². The van der Waals surface area contributed by atoms with Crippen LogP contribution >= 0.6 is 39.1 Å². The van der Waals surface area contributed by atoms with Crippen LogP contribution in [-0.4, -0.2) is 13.0 Å². The van der Waals surface area contributed by atoms with Crippen molar-refractivity contribution >= 4 is 50.7 Å². The molecule has 0 unspecified atom stereocenters. The van der Waals surface area contributed by atoms with Gasteiger partial charge in [-0.1, -0.05) is 45.2 Å². The number of rotatable bonds is 3. The van der Waals surface area contributed by atoms with Crippen molar-refractivity contribution in [1.29, 1.82) is 0 Å². The Kier molecular flexibility index (Phi) is 4.91. The molecule has 2 aromatic rings. The molecule has 1 amide bonds. The third-order valence-electron chi connectivity index (χ3n) is 2.61.